The lowest BCUT2D eigenvalue weighted by Gasteiger charge is -2.00. The molecule has 5 nitrogen and oxygen atoms in total. The normalized spacial score (nSPS) is 10.3. The Balaban J connectivity index is 2.06. The zero-order valence-electron chi connectivity index (χ0n) is 10.9. The van der Waals surface area contributed by atoms with Gasteiger partial charge in [0.1, 0.15) is 5.82 Å². The van der Waals surface area contributed by atoms with Gasteiger partial charge >= 0.3 is 5.97 Å². The van der Waals surface area contributed by atoms with Crippen molar-refractivity contribution >= 4 is 17.5 Å². The zero-order chi connectivity index (χ0) is 15.4. The Morgan fingerprint density at radius 2 is 1.90 bits per heavy atom. The van der Waals surface area contributed by atoms with E-state index < -0.39 is 24.0 Å². The summed E-state index contributed by atoms with van der Waals surface area (Å²) in [5, 5.41) is 8.46. The summed E-state index contributed by atoms with van der Waals surface area (Å²) >= 11 is 0. The molecule has 0 saturated heterocycles. The summed E-state index contributed by atoms with van der Waals surface area (Å²) in [5.41, 5.74) is 1.57. The molecule has 6 heteroatoms. The van der Waals surface area contributed by atoms with Crippen molar-refractivity contribution in [3.63, 3.8) is 0 Å². The number of halogens is 1. The van der Waals surface area contributed by atoms with Gasteiger partial charge in [-0.1, -0.05) is 12.1 Å². The molecule has 2 aromatic rings. The second-order valence-corrected chi connectivity index (χ2v) is 4.53. The van der Waals surface area contributed by atoms with Crippen molar-refractivity contribution in [3.8, 4) is 0 Å². The van der Waals surface area contributed by atoms with Crippen LogP contribution in [0.4, 0.5) is 4.39 Å². The third-order valence-electron chi connectivity index (χ3n) is 2.89. The smallest absolute Gasteiger partial charge is 0.372 e. The maximum Gasteiger partial charge on any atom is 0.372 e. The zero-order valence-corrected chi connectivity index (χ0v) is 10.9. The van der Waals surface area contributed by atoms with Gasteiger partial charge in [0.15, 0.2) is 5.78 Å². The first-order valence-electron chi connectivity index (χ1n) is 6.17. The van der Waals surface area contributed by atoms with Crippen LogP contribution in [0.2, 0.25) is 0 Å². The predicted octanol–water partition coefficient (Wildman–Crippen LogP) is 1.97. The topological polar surface area (TPSA) is 87.2 Å². The number of aromatic amines is 1. The highest BCUT2D eigenvalue weighted by atomic mass is 19.1. The number of carboxylic acids is 1. The largest absolute Gasteiger partial charge is 0.475 e. The highest BCUT2D eigenvalue weighted by Crippen LogP contribution is 2.12. The van der Waals surface area contributed by atoms with Crippen LogP contribution >= 0.6 is 0 Å². The Morgan fingerprint density at radius 1 is 1.14 bits per heavy atom. The molecule has 2 N–H and O–H groups in total. The fourth-order valence-electron chi connectivity index (χ4n) is 1.89. The number of Topliss-reactive ketones (excluding diaryl/α,β-unsaturated/α-hetero) is 2. The summed E-state index contributed by atoms with van der Waals surface area (Å²) in [6.07, 6.45) is -0.285. The van der Waals surface area contributed by atoms with E-state index in [9.17, 15) is 18.8 Å². The van der Waals surface area contributed by atoms with E-state index in [1.165, 1.54) is 18.2 Å². The number of carboxylic acid groups (broad SMARTS) is 1. The quantitative estimate of drug-likeness (QED) is 0.483. The lowest BCUT2D eigenvalue weighted by molar-refractivity contribution is -0.148. The molecule has 0 spiro atoms. The van der Waals surface area contributed by atoms with Gasteiger partial charge in [0, 0.05) is 12.1 Å². The Morgan fingerprint density at radius 3 is 2.57 bits per heavy atom. The molecule has 0 aliphatic rings. The Kier molecular flexibility index (Phi) is 4.27. The van der Waals surface area contributed by atoms with Crippen LogP contribution in [0.15, 0.2) is 36.4 Å². The van der Waals surface area contributed by atoms with E-state index in [-0.39, 0.29) is 11.5 Å². The van der Waals surface area contributed by atoms with E-state index in [4.69, 9.17) is 5.11 Å². The van der Waals surface area contributed by atoms with Gasteiger partial charge < -0.3 is 10.1 Å². The first-order valence-corrected chi connectivity index (χ1v) is 6.17. The molecule has 0 fully saturated rings. The van der Waals surface area contributed by atoms with Gasteiger partial charge in [-0.2, -0.15) is 0 Å². The molecule has 0 radical (unpaired) electrons. The molecule has 1 aromatic heterocycles. The molecule has 2 rings (SSSR count). The first kappa shape index (κ1) is 14.6. The number of hydrogen-bond acceptors (Lipinski definition) is 3. The van der Waals surface area contributed by atoms with Crippen LogP contribution < -0.4 is 0 Å². The van der Waals surface area contributed by atoms with Crippen LogP contribution in [0.3, 0.4) is 0 Å². The number of aromatic nitrogens is 1. The van der Waals surface area contributed by atoms with Crippen molar-refractivity contribution in [1.29, 1.82) is 0 Å². The Labute approximate surface area is 119 Å². The summed E-state index contributed by atoms with van der Waals surface area (Å²) in [6, 6.07) is 9.18. The molecular weight excluding hydrogens is 277 g/mol. The van der Waals surface area contributed by atoms with Crippen molar-refractivity contribution in [2.45, 2.75) is 12.8 Å². The minimum atomic E-state index is -1.63. The average molecular weight is 289 g/mol. The van der Waals surface area contributed by atoms with Crippen molar-refractivity contribution in [2.75, 3.05) is 0 Å². The fourth-order valence-corrected chi connectivity index (χ4v) is 1.89. The molecule has 0 atom stereocenters. The highest BCUT2D eigenvalue weighted by Gasteiger charge is 2.18. The fraction of sp³-hybridized carbons (Fsp3) is 0.133. The van der Waals surface area contributed by atoms with Crippen molar-refractivity contribution < 1.29 is 23.9 Å². The Hall–Kier alpha value is -2.76. The molecule has 108 valence electrons. The summed E-state index contributed by atoms with van der Waals surface area (Å²) in [7, 11) is 0. The third-order valence-corrected chi connectivity index (χ3v) is 2.89. The van der Waals surface area contributed by atoms with Gasteiger partial charge in [-0.15, -0.1) is 0 Å². The van der Waals surface area contributed by atoms with E-state index in [2.05, 4.69) is 4.98 Å². The number of carbonyl (C=O) groups excluding carboxylic acids is 2. The van der Waals surface area contributed by atoms with Gasteiger partial charge in [-0.3, -0.25) is 9.59 Å². The minimum Gasteiger partial charge on any atom is -0.475 e. The number of H-pyrrole nitrogens is 1. The van der Waals surface area contributed by atoms with Crippen LogP contribution in [0.5, 0.6) is 0 Å². The van der Waals surface area contributed by atoms with Crippen LogP contribution in [0.25, 0.3) is 0 Å². The third kappa shape index (κ3) is 3.85. The van der Waals surface area contributed by atoms with E-state index in [0.717, 1.165) is 5.56 Å². The summed E-state index contributed by atoms with van der Waals surface area (Å²) in [5.74, 6) is -3.72. The second-order valence-electron chi connectivity index (χ2n) is 4.53. The number of carbonyl (C=O) groups is 3. The van der Waals surface area contributed by atoms with E-state index in [0.29, 0.717) is 12.1 Å². The number of aliphatic carboxylic acids is 1. The minimum absolute atomic E-state index is 0.163. The molecular formula is C15H12FNO4. The lowest BCUT2D eigenvalue weighted by atomic mass is 10.1. The number of nitrogens with one attached hydrogen (secondary N) is 1. The SMILES string of the molecule is O=C(O)C(=O)CC(=O)c1ccc(Cc2cccc(F)c2)[nH]1. The molecule has 0 bridgehead atoms. The summed E-state index contributed by atoms with van der Waals surface area (Å²) in [6.45, 7) is 0. The number of ketones is 2. The second kappa shape index (κ2) is 6.13. The molecule has 0 unspecified atom stereocenters. The molecule has 1 aromatic carbocycles. The average Bonchev–Trinajstić information content (AvgIpc) is 2.87. The predicted molar refractivity (Wildman–Crippen MR) is 71.6 cm³/mol. The molecule has 0 saturated carbocycles. The molecule has 0 amide bonds. The van der Waals surface area contributed by atoms with E-state index in [1.807, 2.05) is 0 Å². The first-order chi connectivity index (χ1) is 9.95. The highest BCUT2D eigenvalue weighted by molar-refractivity contribution is 6.37. The Bertz CT molecular complexity index is 705. The molecule has 1 heterocycles. The van der Waals surface area contributed by atoms with Gasteiger partial charge in [-0.05, 0) is 29.8 Å². The number of hydrogen-bond donors (Lipinski definition) is 2. The monoisotopic (exact) mass is 289 g/mol. The van der Waals surface area contributed by atoms with E-state index in [1.54, 1.807) is 18.2 Å². The molecule has 0 aliphatic heterocycles. The van der Waals surface area contributed by atoms with Gasteiger partial charge in [-0.25, -0.2) is 9.18 Å². The van der Waals surface area contributed by atoms with Crippen molar-refractivity contribution in [3.05, 3.63) is 59.2 Å². The maximum atomic E-state index is 13.1. The molecule has 0 aliphatic carbocycles. The molecule has 21 heavy (non-hydrogen) atoms. The summed E-state index contributed by atoms with van der Waals surface area (Å²) < 4.78 is 13.1. The lowest BCUT2D eigenvalue weighted by Crippen LogP contribution is -2.17. The van der Waals surface area contributed by atoms with Crippen LogP contribution in [-0.2, 0) is 16.0 Å². The number of benzene rings is 1. The van der Waals surface area contributed by atoms with Crippen molar-refractivity contribution in [1.82, 2.24) is 4.98 Å². The number of rotatable bonds is 6. The van der Waals surface area contributed by atoms with Gasteiger partial charge in [0.05, 0.1) is 12.1 Å². The van der Waals surface area contributed by atoms with Gasteiger partial charge in [0.2, 0.25) is 5.78 Å². The maximum absolute atomic E-state index is 13.1. The van der Waals surface area contributed by atoms with Gasteiger partial charge in [0.25, 0.3) is 0 Å². The van der Waals surface area contributed by atoms with Crippen LogP contribution in [-0.4, -0.2) is 27.6 Å². The van der Waals surface area contributed by atoms with Crippen molar-refractivity contribution in [2.24, 2.45) is 0 Å². The summed E-state index contributed by atoms with van der Waals surface area (Å²) in [4.78, 5) is 35.9. The van der Waals surface area contributed by atoms with E-state index >= 15 is 0 Å². The van der Waals surface area contributed by atoms with Crippen LogP contribution in [0.1, 0.15) is 28.2 Å². The van der Waals surface area contributed by atoms with Crippen LogP contribution in [0, 0.1) is 5.82 Å². The standard InChI is InChI=1S/C15H12FNO4/c16-10-3-1-2-9(6-10)7-11-4-5-12(17-11)13(18)8-14(19)15(20)21/h1-6,17H,7-8H2,(H,20,21).